The van der Waals surface area contributed by atoms with Gasteiger partial charge in [0.1, 0.15) is 5.69 Å². The van der Waals surface area contributed by atoms with E-state index in [1.54, 1.807) is 13.0 Å². The van der Waals surface area contributed by atoms with Crippen LogP contribution in [0, 0.1) is 17.0 Å². The van der Waals surface area contributed by atoms with Crippen LogP contribution in [0.25, 0.3) is 0 Å². The molecule has 18 heavy (non-hydrogen) atoms. The molecule has 0 radical (unpaired) electrons. The van der Waals surface area contributed by atoms with E-state index in [0.717, 1.165) is 0 Å². The molecule has 6 nitrogen and oxygen atoms in total. The van der Waals surface area contributed by atoms with E-state index in [2.05, 4.69) is 4.98 Å². The van der Waals surface area contributed by atoms with Crippen molar-refractivity contribution in [2.75, 3.05) is 18.0 Å². The third-order valence-electron chi connectivity index (χ3n) is 3.05. The van der Waals surface area contributed by atoms with Gasteiger partial charge in [0.05, 0.1) is 11.0 Å². The number of hydrogen-bond acceptors (Lipinski definition) is 5. The quantitative estimate of drug-likeness (QED) is 0.505. The summed E-state index contributed by atoms with van der Waals surface area (Å²) in [6.07, 6.45) is 0.894. The van der Waals surface area contributed by atoms with Gasteiger partial charge < -0.3 is 10.0 Å². The van der Waals surface area contributed by atoms with Crippen LogP contribution in [0.2, 0.25) is 5.15 Å². The maximum absolute atomic E-state index is 11.1. The number of hydrogen-bond donors (Lipinski definition) is 1. The minimum Gasteiger partial charge on any atom is -0.393 e. The number of pyridine rings is 1. The van der Waals surface area contributed by atoms with Crippen molar-refractivity contribution in [2.24, 2.45) is 0 Å². The second-order valence-corrected chi connectivity index (χ2v) is 4.76. The van der Waals surface area contributed by atoms with Gasteiger partial charge in [-0.3, -0.25) is 10.1 Å². The molecule has 1 aliphatic rings. The molecule has 0 aliphatic carbocycles. The lowest BCUT2D eigenvalue weighted by Crippen LogP contribution is -2.36. The van der Waals surface area contributed by atoms with Crippen LogP contribution < -0.4 is 4.90 Å². The lowest BCUT2D eigenvalue weighted by Gasteiger charge is -2.31. The Morgan fingerprint density at radius 2 is 2.17 bits per heavy atom. The predicted octanol–water partition coefficient (Wildman–Crippen LogP) is 1.91. The zero-order chi connectivity index (χ0) is 13.3. The molecule has 1 fully saturated rings. The molecule has 0 aromatic carbocycles. The number of nitro groups is 1. The van der Waals surface area contributed by atoms with E-state index < -0.39 is 4.92 Å². The standard InChI is InChI=1S/C11H14ClN3O3/c1-7-6-9(10(15(17)18)11(12)13-7)14-4-2-8(16)3-5-14/h6,8,16H,2-5H2,1H3. The molecule has 0 spiro atoms. The first-order valence-corrected chi connectivity index (χ1v) is 6.11. The largest absolute Gasteiger partial charge is 0.393 e. The molecular weight excluding hydrogens is 258 g/mol. The molecule has 1 aromatic rings. The summed E-state index contributed by atoms with van der Waals surface area (Å²) >= 11 is 5.85. The summed E-state index contributed by atoms with van der Waals surface area (Å²) in [4.78, 5) is 16.4. The van der Waals surface area contributed by atoms with Crippen molar-refractivity contribution in [3.05, 3.63) is 27.0 Å². The number of aromatic nitrogens is 1. The fourth-order valence-corrected chi connectivity index (χ4v) is 2.43. The Bertz CT molecular complexity index is 473. The average molecular weight is 272 g/mol. The van der Waals surface area contributed by atoms with Crippen LogP contribution in [-0.4, -0.2) is 34.2 Å². The van der Waals surface area contributed by atoms with Gasteiger partial charge in [-0.1, -0.05) is 11.6 Å². The number of piperidine rings is 1. The highest BCUT2D eigenvalue weighted by Gasteiger charge is 2.27. The highest BCUT2D eigenvalue weighted by Crippen LogP contribution is 2.35. The van der Waals surface area contributed by atoms with Crippen molar-refractivity contribution in [3.8, 4) is 0 Å². The average Bonchev–Trinajstić information content (AvgIpc) is 2.28. The molecule has 98 valence electrons. The molecule has 2 rings (SSSR count). The molecule has 0 saturated carbocycles. The summed E-state index contributed by atoms with van der Waals surface area (Å²) in [6, 6.07) is 1.67. The van der Waals surface area contributed by atoms with Crippen molar-refractivity contribution in [1.82, 2.24) is 4.98 Å². The Morgan fingerprint density at radius 3 is 2.72 bits per heavy atom. The normalized spacial score (nSPS) is 16.9. The number of halogens is 1. The summed E-state index contributed by atoms with van der Waals surface area (Å²) in [5.74, 6) is 0. The highest BCUT2D eigenvalue weighted by atomic mass is 35.5. The molecule has 1 N–H and O–H groups in total. The molecule has 0 atom stereocenters. The van der Waals surface area contributed by atoms with Crippen LogP contribution in [0.5, 0.6) is 0 Å². The molecular formula is C11H14ClN3O3. The zero-order valence-corrected chi connectivity index (χ0v) is 10.7. The minimum atomic E-state index is -0.505. The topological polar surface area (TPSA) is 79.5 Å². The van der Waals surface area contributed by atoms with Crippen LogP contribution in [-0.2, 0) is 0 Å². The van der Waals surface area contributed by atoms with E-state index in [4.69, 9.17) is 11.6 Å². The minimum absolute atomic E-state index is 0.0823. The molecule has 0 unspecified atom stereocenters. The summed E-state index contributed by atoms with van der Waals surface area (Å²) in [5, 5.41) is 20.4. The van der Waals surface area contributed by atoms with Gasteiger partial charge in [-0.2, -0.15) is 0 Å². The Hall–Kier alpha value is -1.40. The smallest absolute Gasteiger partial charge is 0.329 e. The van der Waals surface area contributed by atoms with E-state index in [1.165, 1.54) is 0 Å². The Balaban J connectivity index is 2.39. The predicted molar refractivity (Wildman–Crippen MR) is 68.1 cm³/mol. The van der Waals surface area contributed by atoms with Gasteiger partial charge in [0, 0.05) is 18.8 Å². The van der Waals surface area contributed by atoms with Gasteiger partial charge in [0.15, 0.2) is 0 Å². The molecule has 7 heteroatoms. The Kier molecular flexibility index (Phi) is 3.68. The van der Waals surface area contributed by atoms with Crippen LogP contribution in [0.1, 0.15) is 18.5 Å². The van der Waals surface area contributed by atoms with E-state index in [0.29, 0.717) is 37.3 Å². The Morgan fingerprint density at radius 1 is 1.56 bits per heavy atom. The molecule has 2 heterocycles. The van der Waals surface area contributed by atoms with Crippen LogP contribution in [0.3, 0.4) is 0 Å². The first kappa shape index (κ1) is 13.0. The number of rotatable bonds is 2. The van der Waals surface area contributed by atoms with E-state index >= 15 is 0 Å². The number of aliphatic hydroxyl groups excluding tert-OH is 1. The van der Waals surface area contributed by atoms with Crippen molar-refractivity contribution in [2.45, 2.75) is 25.9 Å². The van der Waals surface area contributed by atoms with Crippen molar-refractivity contribution < 1.29 is 10.0 Å². The van der Waals surface area contributed by atoms with E-state index in [1.807, 2.05) is 4.90 Å². The van der Waals surface area contributed by atoms with Gasteiger partial charge in [0.25, 0.3) is 0 Å². The monoisotopic (exact) mass is 271 g/mol. The van der Waals surface area contributed by atoms with Crippen LogP contribution in [0.15, 0.2) is 6.07 Å². The fourth-order valence-electron chi connectivity index (χ4n) is 2.13. The molecule has 1 aromatic heterocycles. The lowest BCUT2D eigenvalue weighted by molar-refractivity contribution is -0.384. The SMILES string of the molecule is Cc1cc(N2CCC(O)CC2)c([N+](=O)[O-])c(Cl)n1. The van der Waals surface area contributed by atoms with Gasteiger partial charge in [-0.25, -0.2) is 4.98 Å². The van der Waals surface area contributed by atoms with Crippen molar-refractivity contribution in [3.63, 3.8) is 0 Å². The fraction of sp³-hybridized carbons (Fsp3) is 0.545. The Labute approximate surface area is 109 Å². The first-order chi connectivity index (χ1) is 8.49. The molecule has 0 amide bonds. The summed E-state index contributed by atoms with van der Waals surface area (Å²) in [6.45, 7) is 2.92. The van der Waals surface area contributed by atoms with Crippen molar-refractivity contribution >= 4 is 23.0 Å². The van der Waals surface area contributed by atoms with Gasteiger partial charge in [-0.05, 0) is 25.8 Å². The van der Waals surface area contributed by atoms with E-state index in [-0.39, 0.29) is 16.9 Å². The number of anilines is 1. The second kappa shape index (κ2) is 5.07. The number of nitrogens with zero attached hydrogens (tertiary/aromatic N) is 3. The third-order valence-corrected chi connectivity index (χ3v) is 3.31. The number of aliphatic hydroxyl groups is 1. The molecule has 0 bridgehead atoms. The maximum Gasteiger partial charge on any atom is 0.329 e. The highest BCUT2D eigenvalue weighted by molar-refractivity contribution is 6.32. The van der Waals surface area contributed by atoms with Gasteiger partial charge in [0.2, 0.25) is 5.15 Å². The lowest BCUT2D eigenvalue weighted by atomic mass is 10.1. The molecule has 1 saturated heterocycles. The van der Waals surface area contributed by atoms with Crippen LogP contribution in [0.4, 0.5) is 11.4 Å². The second-order valence-electron chi connectivity index (χ2n) is 4.40. The first-order valence-electron chi connectivity index (χ1n) is 5.73. The van der Waals surface area contributed by atoms with E-state index in [9.17, 15) is 15.2 Å². The van der Waals surface area contributed by atoms with Gasteiger partial charge >= 0.3 is 5.69 Å². The third kappa shape index (κ3) is 2.54. The summed E-state index contributed by atoms with van der Waals surface area (Å²) in [5.41, 5.74) is 0.981. The summed E-state index contributed by atoms with van der Waals surface area (Å²) in [7, 11) is 0. The summed E-state index contributed by atoms with van der Waals surface area (Å²) < 4.78 is 0. The number of aryl methyl sites for hydroxylation is 1. The molecule has 1 aliphatic heterocycles. The van der Waals surface area contributed by atoms with Crippen molar-refractivity contribution in [1.29, 1.82) is 0 Å². The zero-order valence-electron chi connectivity index (χ0n) is 9.97. The maximum atomic E-state index is 11.1. The van der Waals surface area contributed by atoms with Gasteiger partial charge in [-0.15, -0.1) is 0 Å². The van der Waals surface area contributed by atoms with Crippen LogP contribution >= 0.6 is 11.6 Å².